The molecule has 0 bridgehead atoms. The molecule has 7 rings (SSSR count). The van der Waals surface area contributed by atoms with E-state index in [1.54, 1.807) is 23.5 Å². The molecule has 3 heterocycles. The topological polar surface area (TPSA) is 143 Å². The molecule has 0 radical (unpaired) electrons. The lowest BCUT2D eigenvalue weighted by atomic mass is 10.2. The minimum Gasteiger partial charge on any atom is -0.491 e. The quantitative estimate of drug-likeness (QED) is 0.0251. The number of aromatic nitrogens is 4. The van der Waals surface area contributed by atoms with Crippen LogP contribution in [0.1, 0.15) is 80.4 Å². The molecule has 0 saturated carbocycles. The summed E-state index contributed by atoms with van der Waals surface area (Å²) in [5.41, 5.74) is 2.34. The molecule has 14 nitrogen and oxygen atoms in total. The second-order valence-corrected chi connectivity index (χ2v) is 35.0. The average molecular weight is 1190 g/mol. The highest BCUT2D eigenvalue weighted by atomic mass is 32.1. The van der Waals surface area contributed by atoms with Crippen LogP contribution in [-0.2, 0) is 22.3 Å². The number of carbonyl (C=O) groups is 1. The lowest BCUT2D eigenvalue weighted by Gasteiger charge is -2.45. The molecule has 0 aliphatic heterocycles. The van der Waals surface area contributed by atoms with Gasteiger partial charge < -0.3 is 34.1 Å². The Morgan fingerprint density at radius 3 is 2.22 bits per heavy atom. The van der Waals surface area contributed by atoms with Crippen molar-refractivity contribution < 1.29 is 28.2 Å². The molecule has 19 heteroatoms. The number of hydrogen-bond donors (Lipinski definition) is 2. The zero-order valence-electron chi connectivity index (χ0n) is 49.9. The number of fused-ring (bicyclic) bond motifs is 1. The molecule has 0 spiro atoms. The van der Waals surface area contributed by atoms with Crippen LogP contribution >= 0.6 is 22.7 Å². The van der Waals surface area contributed by atoms with Gasteiger partial charge in [0, 0.05) is 51.3 Å². The number of anilines is 2. The van der Waals surface area contributed by atoms with E-state index in [-0.39, 0.29) is 29.2 Å². The molecule has 0 fully saturated rings. The Labute approximate surface area is 495 Å². The molecular formula is C63H84FN9O5S2Si2. The number of nitrogens with one attached hydrogen (secondary N) is 1. The number of carboxylic acids is 1. The first-order chi connectivity index (χ1) is 39.3. The van der Waals surface area contributed by atoms with Gasteiger partial charge in [0.2, 0.25) is 0 Å². The monoisotopic (exact) mass is 1190 g/mol. The Kier molecular flexibility index (Phi) is 23.3. The molecule has 0 aliphatic rings. The van der Waals surface area contributed by atoms with Crippen molar-refractivity contribution in [2.24, 2.45) is 4.99 Å². The molecule has 0 amide bonds. The fourth-order valence-corrected chi connectivity index (χ4v) is 17.4. The molecule has 1 unspecified atom stereocenters. The van der Waals surface area contributed by atoms with Crippen LogP contribution in [0.25, 0.3) is 10.2 Å². The highest BCUT2D eigenvalue weighted by Gasteiger charge is 2.51. The maximum atomic E-state index is 15.2. The summed E-state index contributed by atoms with van der Waals surface area (Å²) >= 11 is 2.89. The molecule has 0 saturated heterocycles. The predicted octanol–water partition coefficient (Wildman–Crippen LogP) is 11.4. The summed E-state index contributed by atoms with van der Waals surface area (Å²) in [5.74, 6) is 5.47. The molecule has 3 aromatic heterocycles. The maximum absolute atomic E-state index is 15.2. The van der Waals surface area contributed by atoms with E-state index in [2.05, 4.69) is 154 Å². The van der Waals surface area contributed by atoms with Crippen LogP contribution in [0.5, 0.6) is 5.75 Å². The van der Waals surface area contributed by atoms with Crippen LogP contribution in [-0.4, -0.2) is 136 Å². The van der Waals surface area contributed by atoms with E-state index in [9.17, 15) is 9.90 Å². The van der Waals surface area contributed by atoms with Crippen molar-refractivity contribution in [2.75, 3.05) is 78.0 Å². The Balaban J connectivity index is 1.22. The van der Waals surface area contributed by atoms with Crippen molar-refractivity contribution in [3.05, 3.63) is 142 Å². The minimum atomic E-state index is -2.98. The fraction of sp³-hybridized carbons (Fsp3) is 0.444. The van der Waals surface area contributed by atoms with Crippen LogP contribution < -0.4 is 30.1 Å². The van der Waals surface area contributed by atoms with Crippen LogP contribution in [0.15, 0.2) is 114 Å². The SMILES string of the molecule is CCN(CC)CCNCC(CCCN(c1cc(C)c(N=c2sc3ccccc3n2COCC[Si](C)(C)C)nn1)c1nc(C(=O)O)c(CCCOc2ccc(C#CCN(C)C)cc2F)s1)O[Si](c1ccccc1)(c1ccccc1)C(C)(C)C. The highest BCUT2D eigenvalue weighted by Crippen LogP contribution is 2.39. The van der Waals surface area contributed by atoms with E-state index in [1.165, 1.54) is 27.8 Å². The van der Waals surface area contributed by atoms with Gasteiger partial charge in [-0.05, 0) is 123 Å². The maximum Gasteiger partial charge on any atom is 0.355 e. The third kappa shape index (κ3) is 17.3. The summed E-state index contributed by atoms with van der Waals surface area (Å²) in [6, 6.07) is 37.4. The summed E-state index contributed by atoms with van der Waals surface area (Å²) in [4.78, 5) is 30.7. The highest BCUT2D eigenvalue weighted by molar-refractivity contribution is 7.16. The number of aryl methyl sites for hydroxylation is 2. The van der Waals surface area contributed by atoms with E-state index in [0.29, 0.717) is 85.9 Å². The van der Waals surface area contributed by atoms with Crippen LogP contribution in [0.4, 0.5) is 21.2 Å². The summed E-state index contributed by atoms with van der Waals surface area (Å²) < 4.78 is 38.4. The number of para-hydroxylation sites is 1. The first kappa shape index (κ1) is 63.7. The molecule has 4 aromatic carbocycles. The fourth-order valence-electron chi connectivity index (χ4n) is 9.73. The van der Waals surface area contributed by atoms with Crippen molar-refractivity contribution in [1.29, 1.82) is 0 Å². The largest absolute Gasteiger partial charge is 0.491 e. The van der Waals surface area contributed by atoms with E-state index >= 15 is 4.39 Å². The van der Waals surface area contributed by atoms with Gasteiger partial charge in [-0.3, -0.25) is 9.47 Å². The Hall–Kier alpha value is -5.93. The molecule has 82 heavy (non-hydrogen) atoms. The van der Waals surface area contributed by atoms with Gasteiger partial charge in [-0.2, -0.15) is 4.99 Å². The Morgan fingerprint density at radius 1 is 0.890 bits per heavy atom. The number of aromatic carboxylic acids is 1. The van der Waals surface area contributed by atoms with Crippen molar-refractivity contribution in [3.8, 4) is 17.6 Å². The minimum absolute atomic E-state index is 0.0418. The molecular weight excluding hydrogens is 1100 g/mol. The summed E-state index contributed by atoms with van der Waals surface area (Å²) in [6.45, 7) is 26.8. The van der Waals surface area contributed by atoms with E-state index in [1.807, 2.05) is 49.0 Å². The molecule has 1 atom stereocenters. The number of nitrogens with zero attached hydrogens (tertiary/aromatic N) is 8. The summed E-state index contributed by atoms with van der Waals surface area (Å²) in [6.07, 6.45) is 1.88. The number of thiazole rings is 2. The first-order valence-electron chi connectivity index (χ1n) is 28.6. The van der Waals surface area contributed by atoms with Gasteiger partial charge in [-0.1, -0.05) is 150 Å². The number of benzene rings is 4. The zero-order chi connectivity index (χ0) is 58.9. The Bertz CT molecular complexity index is 3250. The van der Waals surface area contributed by atoms with Crippen LogP contribution in [0, 0.1) is 24.6 Å². The van der Waals surface area contributed by atoms with Crippen molar-refractivity contribution >= 4 is 82.4 Å². The van der Waals surface area contributed by atoms with E-state index in [4.69, 9.17) is 34.1 Å². The summed E-state index contributed by atoms with van der Waals surface area (Å²) in [5, 5.41) is 26.7. The van der Waals surface area contributed by atoms with Crippen molar-refractivity contribution in [1.82, 2.24) is 34.9 Å². The smallest absolute Gasteiger partial charge is 0.355 e. The molecule has 2 N–H and O–H groups in total. The predicted molar refractivity (Wildman–Crippen MR) is 340 cm³/mol. The van der Waals surface area contributed by atoms with Crippen LogP contribution in [0.2, 0.25) is 30.7 Å². The van der Waals surface area contributed by atoms with Crippen molar-refractivity contribution in [3.63, 3.8) is 0 Å². The second-order valence-electron chi connectivity index (χ2n) is 23.1. The summed E-state index contributed by atoms with van der Waals surface area (Å²) in [7, 11) is -0.428. The zero-order valence-corrected chi connectivity index (χ0v) is 53.6. The molecule has 7 aromatic rings. The number of hydrogen-bond acceptors (Lipinski definition) is 14. The second kappa shape index (κ2) is 30.1. The Morgan fingerprint density at radius 2 is 1.59 bits per heavy atom. The third-order valence-electron chi connectivity index (χ3n) is 14.3. The first-order valence-corrected chi connectivity index (χ1v) is 35.9. The van der Waals surface area contributed by atoms with Gasteiger partial charge in [0.1, 0.15) is 6.73 Å². The van der Waals surface area contributed by atoms with Gasteiger partial charge >= 0.3 is 5.97 Å². The average Bonchev–Trinajstić information content (AvgIpc) is 3.96. The molecule has 438 valence electrons. The number of rotatable bonds is 30. The van der Waals surface area contributed by atoms with Gasteiger partial charge in [0.05, 0.1) is 29.5 Å². The standard InChI is InChI=1S/C63H84FN9O5S2Si2/c1-12-71(13-2)39-36-65-45-49(78-82(63(4,5)6,50-27-16-14-17-28-50)51-29-18-15-19-30-51)26-23-38-72(61-66-58(60(74)75)56(80-61)33-24-40-77-54-35-34-48(44-52(54)64)25-22-37-70(7)8)57-43-47(3)59(69-68-57)67-62-73(46-76-41-42-81(9,10)11)53-31-20-21-32-55(53)79-62/h14-21,27-32,34-35,43-44,49,65H,12-13,23-24,26,33,36-42,45-46H2,1-11H3,(H,74,75). The van der Waals surface area contributed by atoms with Gasteiger partial charge in [0.25, 0.3) is 8.32 Å². The normalized spacial score (nSPS) is 12.8. The number of halogens is 1. The van der Waals surface area contributed by atoms with Gasteiger partial charge in [-0.15, -0.1) is 21.5 Å². The van der Waals surface area contributed by atoms with Gasteiger partial charge in [0.15, 0.2) is 38.8 Å². The van der Waals surface area contributed by atoms with E-state index in [0.717, 1.165) is 52.8 Å². The molecule has 0 aliphatic carbocycles. The lowest BCUT2D eigenvalue weighted by molar-refractivity contribution is 0.0690. The lowest BCUT2D eigenvalue weighted by Crippen LogP contribution is -2.68. The third-order valence-corrected chi connectivity index (χ3v) is 23.2. The van der Waals surface area contributed by atoms with Crippen molar-refractivity contribution in [2.45, 2.75) is 111 Å². The van der Waals surface area contributed by atoms with Gasteiger partial charge in [-0.25, -0.2) is 14.2 Å². The number of ether oxygens (including phenoxy) is 2. The number of carboxylic acid groups (broad SMARTS) is 1. The number of likely N-dealkylation sites (N-methyl/N-ethyl adjacent to an activating group) is 1. The van der Waals surface area contributed by atoms with E-state index < -0.39 is 28.2 Å². The van der Waals surface area contributed by atoms with Crippen LogP contribution in [0.3, 0.4) is 0 Å².